The van der Waals surface area contributed by atoms with Crippen LogP contribution in [0.2, 0.25) is 0 Å². The normalized spacial score (nSPS) is 14.6. The van der Waals surface area contributed by atoms with Crippen LogP contribution in [0.1, 0.15) is 6.42 Å². The molecule has 122 valence electrons. The van der Waals surface area contributed by atoms with Gasteiger partial charge >= 0.3 is 17.9 Å². The number of aliphatic hydroxyl groups is 1. The van der Waals surface area contributed by atoms with Crippen molar-refractivity contribution in [3.63, 3.8) is 0 Å². The molecule has 0 rings (SSSR count). The van der Waals surface area contributed by atoms with Crippen LogP contribution in [0.25, 0.3) is 0 Å². The van der Waals surface area contributed by atoms with Crippen LogP contribution in [0.3, 0.4) is 0 Å². The van der Waals surface area contributed by atoms with Gasteiger partial charge in [-0.05, 0) is 0 Å². The third-order valence-electron chi connectivity index (χ3n) is 2.28. The molecule has 0 aliphatic heterocycles. The molecule has 1 unspecified atom stereocenters. The minimum absolute atomic E-state index is 0.592. The summed E-state index contributed by atoms with van der Waals surface area (Å²) < 4.78 is 29.7. The van der Waals surface area contributed by atoms with E-state index >= 15 is 0 Å². The van der Waals surface area contributed by atoms with Crippen molar-refractivity contribution in [2.45, 2.75) is 18.6 Å². The summed E-state index contributed by atoms with van der Waals surface area (Å²) in [5.74, 6) is -5.78. The monoisotopic (exact) mass is 329 g/mol. The highest BCUT2D eigenvalue weighted by Gasteiger charge is 2.31. The summed E-state index contributed by atoms with van der Waals surface area (Å²) in [7, 11) is -4.55. The molecule has 0 bridgehead atoms. The van der Waals surface area contributed by atoms with Crippen molar-refractivity contribution in [2.24, 2.45) is 0 Å². The van der Waals surface area contributed by atoms with E-state index in [0.29, 0.717) is 4.90 Å². The van der Waals surface area contributed by atoms with Gasteiger partial charge in [-0.25, -0.2) is 0 Å². The van der Waals surface area contributed by atoms with E-state index in [1.54, 1.807) is 0 Å². The second-order valence-electron chi connectivity index (χ2n) is 4.18. The number of hydrogen-bond donors (Lipinski definition) is 5. The highest BCUT2D eigenvalue weighted by atomic mass is 32.2. The molecule has 0 saturated heterocycles. The summed E-state index contributed by atoms with van der Waals surface area (Å²) in [6.07, 6.45) is -2.73. The van der Waals surface area contributed by atoms with Gasteiger partial charge in [-0.3, -0.25) is 23.8 Å². The summed E-state index contributed by atoms with van der Waals surface area (Å²) >= 11 is 0. The standard InChI is InChI=1S/C9H15NO10S/c11-5(4-21(18,19)20)2-10(3-8(14)15)6(9(16)17)1-7(12)13/h5-6,11H,1-4H2,(H,12,13)(H,14,15)(H,16,17)(H,18,19,20)/t5?,6-/m0/s1. The molecule has 0 fully saturated rings. The molecule has 0 aliphatic carbocycles. The molecule has 2 atom stereocenters. The fraction of sp³-hybridized carbons (Fsp3) is 0.667. The first-order valence-electron chi connectivity index (χ1n) is 5.46. The van der Waals surface area contributed by atoms with E-state index < -0.39 is 65.4 Å². The van der Waals surface area contributed by atoms with Crippen molar-refractivity contribution in [3.05, 3.63) is 0 Å². The summed E-state index contributed by atoms with van der Waals surface area (Å²) in [5, 5.41) is 35.6. The number of carboxylic acids is 3. The van der Waals surface area contributed by atoms with E-state index in [-0.39, 0.29) is 0 Å². The summed E-state index contributed by atoms with van der Waals surface area (Å²) in [4.78, 5) is 32.8. The van der Waals surface area contributed by atoms with Crippen LogP contribution < -0.4 is 0 Å². The van der Waals surface area contributed by atoms with Crippen molar-refractivity contribution >= 4 is 28.0 Å². The number of aliphatic carboxylic acids is 3. The van der Waals surface area contributed by atoms with E-state index in [1.807, 2.05) is 0 Å². The second kappa shape index (κ2) is 7.87. The molecule has 0 heterocycles. The quantitative estimate of drug-likeness (QED) is 0.267. The van der Waals surface area contributed by atoms with Crippen molar-refractivity contribution < 1.29 is 47.8 Å². The summed E-state index contributed by atoms with van der Waals surface area (Å²) in [6.45, 7) is -1.68. The highest BCUT2D eigenvalue weighted by Crippen LogP contribution is 2.08. The van der Waals surface area contributed by atoms with Crippen LogP contribution in [0.15, 0.2) is 0 Å². The lowest BCUT2D eigenvalue weighted by molar-refractivity contribution is -0.152. The first-order valence-corrected chi connectivity index (χ1v) is 7.07. The van der Waals surface area contributed by atoms with Gasteiger partial charge in [0.15, 0.2) is 0 Å². The topological polar surface area (TPSA) is 190 Å². The van der Waals surface area contributed by atoms with Gasteiger partial charge in [0.2, 0.25) is 0 Å². The molecular weight excluding hydrogens is 314 g/mol. The average Bonchev–Trinajstić information content (AvgIpc) is 2.20. The summed E-state index contributed by atoms with van der Waals surface area (Å²) in [5.41, 5.74) is 0. The number of nitrogens with zero attached hydrogens (tertiary/aromatic N) is 1. The molecule has 11 nitrogen and oxygen atoms in total. The Bertz CT molecular complexity index is 501. The largest absolute Gasteiger partial charge is 0.481 e. The van der Waals surface area contributed by atoms with E-state index in [2.05, 4.69) is 0 Å². The predicted octanol–water partition coefficient (Wildman–Crippen LogP) is -2.45. The van der Waals surface area contributed by atoms with Crippen molar-refractivity contribution in [3.8, 4) is 0 Å². The highest BCUT2D eigenvalue weighted by molar-refractivity contribution is 7.85. The Hall–Kier alpha value is -1.76. The number of rotatable bonds is 10. The lowest BCUT2D eigenvalue weighted by atomic mass is 10.1. The molecule has 0 radical (unpaired) electrons. The Morgan fingerprint density at radius 1 is 1.05 bits per heavy atom. The number of carbonyl (C=O) groups is 3. The molecule has 0 amide bonds. The van der Waals surface area contributed by atoms with Gasteiger partial charge in [0, 0.05) is 6.54 Å². The van der Waals surface area contributed by atoms with Crippen molar-refractivity contribution in [1.29, 1.82) is 0 Å². The third-order valence-corrected chi connectivity index (χ3v) is 3.09. The Morgan fingerprint density at radius 2 is 1.57 bits per heavy atom. The molecule has 0 aromatic carbocycles. The van der Waals surface area contributed by atoms with Gasteiger partial charge in [0.05, 0.1) is 19.1 Å². The first kappa shape index (κ1) is 19.2. The van der Waals surface area contributed by atoms with E-state index in [4.69, 9.17) is 19.9 Å². The maximum Gasteiger partial charge on any atom is 0.321 e. The second-order valence-corrected chi connectivity index (χ2v) is 5.67. The number of hydrogen-bond acceptors (Lipinski definition) is 7. The zero-order valence-corrected chi connectivity index (χ0v) is 11.4. The van der Waals surface area contributed by atoms with Crippen molar-refractivity contribution in [1.82, 2.24) is 4.90 Å². The lowest BCUT2D eigenvalue weighted by Crippen LogP contribution is -2.49. The molecule has 0 saturated carbocycles. The van der Waals surface area contributed by atoms with E-state index in [1.165, 1.54) is 0 Å². The van der Waals surface area contributed by atoms with Crippen LogP contribution in [-0.2, 0) is 24.5 Å². The van der Waals surface area contributed by atoms with Gasteiger partial charge in [-0.1, -0.05) is 0 Å². The van der Waals surface area contributed by atoms with Crippen LogP contribution >= 0.6 is 0 Å². The maximum absolute atomic E-state index is 11.0. The number of aliphatic hydroxyl groups excluding tert-OH is 1. The van der Waals surface area contributed by atoms with Crippen LogP contribution in [-0.4, -0.2) is 87.2 Å². The SMILES string of the molecule is O=C(O)C[C@@H](C(=O)O)N(CC(=O)O)CC(O)CS(=O)(=O)O. The molecular formula is C9H15NO10S. The molecule has 0 spiro atoms. The van der Waals surface area contributed by atoms with Crippen LogP contribution in [0.4, 0.5) is 0 Å². The Labute approximate surface area is 119 Å². The van der Waals surface area contributed by atoms with Gasteiger partial charge < -0.3 is 20.4 Å². The Morgan fingerprint density at radius 3 is 1.90 bits per heavy atom. The van der Waals surface area contributed by atoms with Crippen LogP contribution in [0.5, 0.6) is 0 Å². The minimum atomic E-state index is -4.55. The third kappa shape index (κ3) is 8.91. The molecule has 5 N–H and O–H groups in total. The first-order chi connectivity index (χ1) is 9.42. The van der Waals surface area contributed by atoms with Gasteiger partial charge in [0.1, 0.15) is 11.8 Å². The average molecular weight is 329 g/mol. The summed E-state index contributed by atoms with van der Waals surface area (Å²) in [6, 6.07) is -1.77. The molecule has 12 heteroatoms. The zero-order valence-electron chi connectivity index (χ0n) is 10.6. The molecule has 0 aromatic rings. The van der Waals surface area contributed by atoms with E-state index in [0.717, 1.165) is 0 Å². The molecule has 0 aromatic heterocycles. The van der Waals surface area contributed by atoms with Gasteiger partial charge in [-0.2, -0.15) is 8.42 Å². The molecule has 0 aliphatic rings. The molecule has 21 heavy (non-hydrogen) atoms. The van der Waals surface area contributed by atoms with Gasteiger partial charge in [0.25, 0.3) is 10.1 Å². The Kier molecular flexibility index (Phi) is 7.21. The lowest BCUT2D eigenvalue weighted by Gasteiger charge is -2.27. The van der Waals surface area contributed by atoms with Crippen LogP contribution in [0, 0.1) is 0 Å². The Balaban J connectivity index is 5.10. The zero-order chi connectivity index (χ0) is 16.8. The smallest absolute Gasteiger partial charge is 0.321 e. The van der Waals surface area contributed by atoms with E-state index in [9.17, 15) is 27.9 Å². The number of carboxylic acid groups (broad SMARTS) is 3. The van der Waals surface area contributed by atoms with Gasteiger partial charge in [-0.15, -0.1) is 0 Å². The van der Waals surface area contributed by atoms with Crippen molar-refractivity contribution in [2.75, 3.05) is 18.8 Å². The fourth-order valence-electron chi connectivity index (χ4n) is 1.58. The maximum atomic E-state index is 11.0. The fourth-order valence-corrected chi connectivity index (χ4v) is 2.17. The predicted molar refractivity (Wildman–Crippen MR) is 65.3 cm³/mol. The minimum Gasteiger partial charge on any atom is -0.481 e.